The fourth-order valence-electron chi connectivity index (χ4n) is 3.24. The molecular formula is C22H21ClN2O6S. The SMILES string of the molecule is Cc1oc(-c2ccccc2)nc1COC(=O)c1cc(S(=O)(=O)N2CCOCC2)ccc1Cl. The summed E-state index contributed by atoms with van der Waals surface area (Å²) in [6.45, 7) is 2.73. The average molecular weight is 477 g/mol. The van der Waals surface area contributed by atoms with Crippen molar-refractivity contribution in [2.24, 2.45) is 0 Å². The molecular weight excluding hydrogens is 456 g/mol. The van der Waals surface area contributed by atoms with Crippen molar-refractivity contribution in [1.82, 2.24) is 9.29 Å². The van der Waals surface area contributed by atoms with Gasteiger partial charge in [0.1, 0.15) is 18.1 Å². The second-order valence-corrected chi connectivity index (χ2v) is 9.47. The highest BCUT2D eigenvalue weighted by Crippen LogP contribution is 2.26. The summed E-state index contributed by atoms with van der Waals surface area (Å²) in [7, 11) is -3.78. The lowest BCUT2D eigenvalue weighted by Gasteiger charge is -2.26. The molecule has 0 radical (unpaired) electrons. The van der Waals surface area contributed by atoms with Gasteiger partial charge >= 0.3 is 5.97 Å². The van der Waals surface area contributed by atoms with E-state index in [1.165, 1.54) is 22.5 Å². The van der Waals surface area contributed by atoms with Crippen molar-refractivity contribution < 1.29 is 27.1 Å². The molecule has 0 unspecified atom stereocenters. The number of hydrogen-bond acceptors (Lipinski definition) is 7. The highest BCUT2D eigenvalue weighted by atomic mass is 35.5. The largest absolute Gasteiger partial charge is 0.455 e. The van der Waals surface area contributed by atoms with Gasteiger partial charge in [-0.05, 0) is 37.3 Å². The highest BCUT2D eigenvalue weighted by molar-refractivity contribution is 7.89. The molecule has 2 aromatic carbocycles. The Kier molecular flexibility index (Phi) is 6.61. The molecule has 1 aliphatic rings. The maximum absolute atomic E-state index is 12.9. The van der Waals surface area contributed by atoms with Gasteiger partial charge in [0.2, 0.25) is 15.9 Å². The highest BCUT2D eigenvalue weighted by Gasteiger charge is 2.28. The lowest BCUT2D eigenvalue weighted by molar-refractivity contribution is 0.0466. The van der Waals surface area contributed by atoms with E-state index in [-0.39, 0.29) is 35.2 Å². The van der Waals surface area contributed by atoms with Crippen molar-refractivity contribution in [1.29, 1.82) is 0 Å². The van der Waals surface area contributed by atoms with Gasteiger partial charge in [-0.1, -0.05) is 29.8 Å². The number of carbonyl (C=O) groups excluding carboxylic acids is 1. The molecule has 168 valence electrons. The second-order valence-electron chi connectivity index (χ2n) is 7.12. The summed E-state index contributed by atoms with van der Waals surface area (Å²) < 4.78 is 43.3. The number of halogens is 1. The van der Waals surface area contributed by atoms with E-state index in [1.807, 2.05) is 30.3 Å². The number of esters is 1. The molecule has 8 nitrogen and oxygen atoms in total. The summed E-state index contributed by atoms with van der Waals surface area (Å²) in [5.41, 5.74) is 1.23. The number of hydrogen-bond donors (Lipinski definition) is 0. The Bertz CT molecular complexity index is 1220. The van der Waals surface area contributed by atoms with Crippen molar-refractivity contribution in [2.45, 2.75) is 18.4 Å². The number of carbonyl (C=O) groups is 1. The van der Waals surface area contributed by atoms with Gasteiger partial charge in [-0.3, -0.25) is 0 Å². The predicted octanol–water partition coefficient (Wildman–Crippen LogP) is 3.68. The van der Waals surface area contributed by atoms with Gasteiger partial charge in [-0.15, -0.1) is 0 Å². The molecule has 2 heterocycles. The maximum atomic E-state index is 12.9. The van der Waals surface area contributed by atoms with E-state index in [4.69, 9.17) is 25.5 Å². The van der Waals surface area contributed by atoms with Gasteiger partial charge in [0.05, 0.1) is 28.7 Å². The van der Waals surface area contributed by atoms with Crippen LogP contribution < -0.4 is 0 Å². The van der Waals surface area contributed by atoms with E-state index in [0.29, 0.717) is 30.6 Å². The third-order valence-corrected chi connectivity index (χ3v) is 7.24. The van der Waals surface area contributed by atoms with E-state index >= 15 is 0 Å². The van der Waals surface area contributed by atoms with Crippen LogP contribution in [0.5, 0.6) is 0 Å². The van der Waals surface area contributed by atoms with E-state index in [9.17, 15) is 13.2 Å². The Morgan fingerprint density at radius 3 is 2.59 bits per heavy atom. The molecule has 3 aromatic rings. The predicted molar refractivity (Wildman–Crippen MR) is 117 cm³/mol. The standard InChI is InChI=1S/C22H21ClN2O6S/c1-15-20(24-21(31-15)16-5-3-2-4-6-16)14-30-22(26)18-13-17(7-8-19(18)23)32(27,28)25-9-11-29-12-10-25/h2-8,13H,9-12,14H2,1H3. The van der Waals surface area contributed by atoms with E-state index in [0.717, 1.165) is 5.56 Å². The Morgan fingerprint density at radius 1 is 1.16 bits per heavy atom. The first-order valence-corrected chi connectivity index (χ1v) is 11.7. The molecule has 0 saturated carbocycles. The zero-order valence-electron chi connectivity index (χ0n) is 17.3. The summed E-state index contributed by atoms with van der Waals surface area (Å²) in [5.74, 6) is 0.190. The molecule has 32 heavy (non-hydrogen) atoms. The van der Waals surface area contributed by atoms with Crippen molar-refractivity contribution in [3.63, 3.8) is 0 Å². The number of benzene rings is 2. The van der Waals surface area contributed by atoms with Crippen LogP contribution in [0.25, 0.3) is 11.5 Å². The first-order valence-electron chi connectivity index (χ1n) is 9.92. The number of ether oxygens (including phenoxy) is 2. The summed E-state index contributed by atoms with van der Waals surface area (Å²) in [5, 5.41) is 0.0952. The molecule has 10 heteroatoms. The van der Waals surface area contributed by atoms with E-state index in [2.05, 4.69) is 4.98 Å². The summed E-state index contributed by atoms with van der Waals surface area (Å²) in [6.07, 6.45) is 0. The Balaban J connectivity index is 1.50. The van der Waals surface area contributed by atoms with Crippen LogP contribution >= 0.6 is 11.6 Å². The van der Waals surface area contributed by atoms with Crippen LogP contribution in [0.1, 0.15) is 21.8 Å². The van der Waals surface area contributed by atoms with Crippen LogP contribution in [-0.4, -0.2) is 50.0 Å². The van der Waals surface area contributed by atoms with Gasteiger partial charge in [-0.25, -0.2) is 18.2 Å². The minimum Gasteiger partial charge on any atom is -0.455 e. The molecule has 1 aliphatic heterocycles. The Morgan fingerprint density at radius 2 is 1.88 bits per heavy atom. The molecule has 0 N–H and O–H groups in total. The van der Waals surface area contributed by atoms with Crippen molar-refractivity contribution >= 4 is 27.6 Å². The second kappa shape index (κ2) is 9.41. The zero-order valence-corrected chi connectivity index (χ0v) is 18.9. The number of aromatic nitrogens is 1. The summed E-state index contributed by atoms with van der Waals surface area (Å²) >= 11 is 6.16. The molecule has 1 fully saturated rings. The number of oxazole rings is 1. The summed E-state index contributed by atoms with van der Waals surface area (Å²) in [6, 6.07) is 13.3. The van der Waals surface area contributed by atoms with Gasteiger partial charge in [0.25, 0.3) is 0 Å². The van der Waals surface area contributed by atoms with Gasteiger partial charge in [0, 0.05) is 18.7 Å². The third-order valence-electron chi connectivity index (χ3n) is 5.02. The van der Waals surface area contributed by atoms with Crippen LogP contribution in [-0.2, 0) is 26.1 Å². The lowest BCUT2D eigenvalue weighted by Crippen LogP contribution is -2.40. The van der Waals surface area contributed by atoms with Crippen LogP contribution in [0.3, 0.4) is 0 Å². The minimum absolute atomic E-state index is 0.0280. The van der Waals surface area contributed by atoms with Gasteiger partial charge in [-0.2, -0.15) is 4.31 Å². The minimum atomic E-state index is -3.78. The average Bonchev–Trinajstić information content (AvgIpc) is 3.19. The van der Waals surface area contributed by atoms with E-state index in [1.54, 1.807) is 6.92 Å². The topological polar surface area (TPSA) is 98.9 Å². The van der Waals surface area contributed by atoms with Crippen LogP contribution in [0.15, 0.2) is 57.8 Å². The van der Waals surface area contributed by atoms with Crippen LogP contribution in [0.2, 0.25) is 5.02 Å². The Hall–Kier alpha value is -2.72. The number of morpholine rings is 1. The van der Waals surface area contributed by atoms with Gasteiger partial charge < -0.3 is 13.9 Å². The number of sulfonamides is 1. The van der Waals surface area contributed by atoms with Crippen LogP contribution in [0, 0.1) is 6.92 Å². The monoisotopic (exact) mass is 476 g/mol. The smallest absolute Gasteiger partial charge is 0.340 e. The van der Waals surface area contributed by atoms with E-state index < -0.39 is 16.0 Å². The molecule has 4 rings (SSSR count). The lowest BCUT2D eigenvalue weighted by atomic mass is 10.2. The van der Waals surface area contributed by atoms with Crippen LogP contribution in [0.4, 0.5) is 0 Å². The summed E-state index contributed by atoms with van der Waals surface area (Å²) in [4.78, 5) is 17.1. The van der Waals surface area contributed by atoms with Crippen molar-refractivity contribution in [3.05, 3.63) is 70.6 Å². The molecule has 1 saturated heterocycles. The normalized spacial score (nSPS) is 14.9. The fourth-order valence-corrected chi connectivity index (χ4v) is 4.86. The van der Waals surface area contributed by atoms with Crippen molar-refractivity contribution in [2.75, 3.05) is 26.3 Å². The molecule has 1 aromatic heterocycles. The zero-order chi connectivity index (χ0) is 22.7. The molecule has 0 atom stereocenters. The molecule has 0 bridgehead atoms. The Labute approximate surface area is 190 Å². The number of rotatable bonds is 6. The molecule has 0 aliphatic carbocycles. The van der Waals surface area contributed by atoms with Gasteiger partial charge in [0.15, 0.2) is 0 Å². The molecule has 0 amide bonds. The first-order chi connectivity index (χ1) is 15.4. The quantitative estimate of drug-likeness (QED) is 0.500. The van der Waals surface area contributed by atoms with Crippen molar-refractivity contribution in [3.8, 4) is 11.5 Å². The fraction of sp³-hybridized carbons (Fsp3) is 0.273. The maximum Gasteiger partial charge on any atom is 0.340 e. The first kappa shape index (κ1) is 22.5. The number of aryl methyl sites for hydroxylation is 1. The number of nitrogens with zero attached hydrogens (tertiary/aromatic N) is 2. The third kappa shape index (κ3) is 4.71. The molecule has 0 spiro atoms.